The molecule has 1 fully saturated rings. The molecule has 3 rings (SSSR count). The van der Waals surface area contributed by atoms with E-state index in [1.54, 1.807) is 31.2 Å². The molecule has 32 heavy (non-hydrogen) atoms. The van der Waals surface area contributed by atoms with Crippen LogP contribution in [0.1, 0.15) is 31.9 Å². The number of ether oxygens (including phenoxy) is 1. The first-order valence-corrected chi connectivity index (χ1v) is 13.0. The lowest BCUT2D eigenvalue weighted by atomic mass is 10.1. The lowest BCUT2D eigenvalue weighted by molar-refractivity contribution is 0.254. The molecule has 11 heteroatoms. The summed E-state index contributed by atoms with van der Waals surface area (Å²) in [5.74, 6) is 0.726. The SMILES string of the molecule is CCOc1ccc(NC(=O)N(CCC2CCCN2C)c2nc(C)c(S(=O)(=O)NC)s2)cc1. The Morgan fingerprint density at radius 1 is 1.34 bits per heavy atom. The Labute approximate surface area is 193 Å². The van der Waals surface area contributed by atoms with E-state index in [4.69, 9.17) is 4.74 Å². The molecule has 1 aliphatic heterocycles. The second kappa shape index (κ2) is 10.6. The molecule has 1 aromatic carbocycles. The molecule has 0 radical (unpaired) electrons. The van der Waals surface area contributed by atoms with Gasteiger partial charge in [-0.3, -0.25) is 4.90 Å². The average Bonchev–Trinajstić information content (AvgIpc) is 3.35. The van der Waals surface area contributed by atoms with Crippen LogP contribution in [0.2, 0.25) is 0 Å². The first-order chi connectivity index (χ1) is 15.2. The fourth-order valence-electron chi connectivity index (χ4n) is 3.72. The van der Waals surface area contributed by atoms with Crippen molar-refractivity contribution in [3.63, 3.8) is 0 Å². The van der Waals surface area contributed by atoms with Crippen LogP contribution in [0.4, 0.5) is 15.6 Å². The van der Waals surface area contributed by atoms with Gasteiger partial charge in [0.1, 0.15) is 5.75 Å². The van der Waals surface area contributed by atoms with E-state index in [0.29, 0.717) is 35.7 Å². The molecule has 1 aromatic heterocycles. The number of sulfonamides is 1. The van der Waals surface area contributed by atoms with Gasteiger partial charge in [-0.1, -0.05) is 11.3 Å². The van der Waals surface area contributed by atoms with Crippen LogP contribution < -0.4 is 19.7 Å². The number of thiazole rings is 1. The second-order valence-corrected chi connectivity index (χ2v) is 10.7. The maximum atomic E-state index is 13.2. The zero-order valence-corrected chi connectivity index (χ0v) is 20.6. The number of amides is 2. The molecule has 2 amide bonds. The highest BCUT2D eigenvalue weighted by Crippen LogP contribution is 2.31. The van der Waals surface area contributed by atoms with Gasteiger partial charge in [0.2, 0.25) is 0 Å². The number of nitrogens with one attached hydrogen (secondary N) is 2. The maximum absolute atomic E-state index is 13.2. The van der Waals surface area contributed by atoms with Crippen molar-refractivity contribution in [2.24, 2.45) is 0 Å². The van der Waals surface area contributed by atoms with Crippen LogP contribution in [0.5, 0.6) is 5.75 Å². The number of hydrogen-bond donors (Lipinski definition) is 2. The van der Waals surface area contributed by atoms with Crippen LogP contribution in [0.3, 0.4) is 0 Å². The van der Waals surface area contributed by atoms with Gasteiger partial charge in [0.05, 0.1) is 12.3 Å². The number of aromatic nitrogens is 1. The Morgan fingerprint density at radius 3 is 2.66 bits per heavy atom. The van der Waals surface area contributed by atoms with Crippen molar-refractivity contribution in [2.45, 2.75) is 43.4 Å². The maximum Gasteiger partial charge on any atom is 0.328 e. The Bertz CT molecular complexity index is 1020. The quantitative estimate of drug-likeness (QED) is 0.570. The van der Waals surface area contributed by atoms with E-state index in [9.17, 15) is 13.2 Å². The Hall–Kier alpha value is -2.21. The molecule has 1 atom stereocenters. The molecule has 2 heterocycles. The van der Waals surface area contributed by atoms with Crippen molar-refractivity contribution in [1.82, 2.24) is 14.6 Å². The number of carbonyl (C=O) groups is 1. The van der Waals surface area contributed by atoms with E-state index < -0.39 is 10.0 Å². The molecule has 0 bridgehead atoms. The summed E-state index contributed by atoms with van der Waals surface area (Å²) in [7, 11) is -0.198. The summed E-state index contributed by atoms with van der Waals surface area (Å²) in [4.78, 5) is 21.5. The minimum Gasteiger partial charge on any atom is -0.494 e. The van der Waals surface area contributed by atoms with Crippen LogP contribution in [0.25, 0.3) is 0 Å². The van der Waals surface area contributed by atoms with Crippen LogP contribution in [0.15, 0.2) is 28.5 Å². The first kappa shape index (κ1) is 24.4. The minimum absolute atomic E-state index is 0.117. The highest BCUT2D eigenvalue weighted by atomic mass is 32.2. The van der Waals surface area contributed by atoms with Gasteiger partial charge in [0.25, 0.3) is 10.0 Å². The molecule has 1 aliphatic rings. The van der Waals surface area contributed by atoms with Gasteiger partial charge >= 0.3 is 6.03 Å². The van der Waals surface area contributed by atoms with E-state index in [1.807, 2.05) is 6.92 Å². The molecule has 176 valence electrons. The van der Waals surface area contributed by atoms with E-state index in [0.717, 1.165) is 42.9 Å². The minimum atomic E-state index is -3.65. The zero-order chi connectivity index (χ0) is 23.3. The summed E-state index contributed by atoms with van der Waals surface area (Å²) in [6.45, 7) is 5.59. The van der Waals surface area contributed by atoms with Crippen LogP contribution in [-0.2, 0) is 10.0 Å². The molecule has 9 nitrogen and oxygen atoms in total. The van der Waals surface area contributed by atoms with Gasteiger partial charge in [-0.05, 0) is 78.0 Å². The summed E-state index contributed by atoms with van der Waals surface area (Å²) >= 11 is 1.00. The number of benzene rings is 1. The molecule has 2 N–H and O–H groups in total. The van der Waals surface area contributed by atoms with Crippen LogP contribution in [0, 0.1) is 6.92 Å². The number of aryl methyl sites for hydroxylation is 1. The normalized spacial score (nSPS) is 16.8. The van der Waals surface area contributed by atoms with Crippen molar-refractivity contribution < 1.29 is 17.9 Å². The average molecular weight is 482 g/mol. The smallest absolute Gasteiger partial charge is 0.328 e. The van der Waals surface area contributed by atoms with Gasteiger partial charge < -0.3 is 15.0 Å². The van der Waals surface area contributed by atoms with Crippen molar-refractivity contribution in [3.05, 3.63) is 30.0 Å². The third kappa shape index (κ3) is 5.77. The lowest BCUT2D eigenvalue weighted by Crippen LogP contribution is -2.38. The summed E-state index contributed by atoms with van der Waals surface area (Å²) < 4.78 is 32.6. The summed E-state index contributed by atoms with van der Waals surface area (Å²) in [5, 5.41) is 3.26. The molecule has 2 aromatic rings. The molecule has 0 saturated carbocycles. The summed E-state index contributed by atoms with van der Waals surface area (Å²) in [6, 6.07) is 7.17. The Morgan fingerprint density at radius 2 is 2.06 bits per heavy atom. The fraction of sp³-hybridized carbons (Fsp3) is 0.524. The van der Waals surface area contributed by atoms with Crippen LogP contribution in [-0.4, -0.2) is 64.2 Å². The number of nitrogens with zero attached hydrogens (tertiary/aromatic N) is 3. The Balaban J connectivity index is 1.83. The largest absolute Gasteiger partial charge is 0.494 e. The van der Waals surface area contributed by atoms with Crippen molar-refractivity contribution in [3.8, 4) is 5.75 Å². The van der Waals surface area contributed by atoms with Gasteiger partial charge in [-0.2, -0.15) is 0 Å². The van der Waals surface area contributed by atoms with Crippen molar-refractivity contribution in [2.75, 3.05) is 44.0 Å². The summed E-state index contributed by atoms with van der Waals surface area (Å²) in [6.07, 6.45) is 3.00. The third-order valence-electron chi connectivity index (χ3n) is 5.51. The summed E-state index contributed by atoms with van der Waals surface area (Å²) in [5.41, 5.74) is 0.994. The van der Waals surface area contributed by atoms with E-state index >= 15 is 0 Å². The molecule has 0 aliphatic carbocycles. The van der Waals surface area contributed by atoms with Gasteiger partial charge in [-0.15, -0.1) is 0 Å². The first-order valence-electron chi connectivity index (χ1n) is 10.7. The molecule has 1 unspecified atom stereocenters. The number of hydrogen-bond acceptors (Lipinski definition) is 7. The predicted molar refractivity (Wildman–Crippen MR) is 127 cm³/mol. The van der Waals surface area contributed by atoms with Gasteiger partial charge in [0, 0.05) is 18.3 Å². The number of likely N-dealkylation sites (tertiary alicyclic amines) is 1. The lowest BCUT2D eigenvalue weighted by Gasteiger charge is -2.25. The molecule has 1 saturated heterocycles. The number of rotatable bonds is 9. The third-order valence-corrected chi connectivity index (χ3v) is 8.71. The van der Waals surface area contributed by atoms with Gasteiger partial charge in [0.15, 0.2) is 9.34 Å². The Kier molecular flexibility index (Phi) is 8.10. The molecular formula is C21H31N5O4S2. The van der Waals surface area contributed by atoms with E-state index in [1.165, 1.54) is 11.9 Å². The number of carbonyl (C=O) groups excluding carboxylic acids is 1. The fourth-order valence-corrected chi connectivity index (χ4v) is 6.08. The predicted octanol–water partition coefficient (Wildman–Crippen LogP) is 3.28. The van der Waals surface area contributed by atoms with Gasteiger partial charge in [-0.25, -0.2) is 22.9 Å². The molecule has 0 spiro atoms. The van der Waals surface area contributed by atoms with Crippen molar-refractivity contribution >= 4 is 38.2 Å². The molecular weight excluding hydrogens is 450 g/mol. The standard InChI is InChI=1S/C21H31N5O4S2/c1-5-30-18-10-8-16(9-11-18)24-20(27)26(14-12-17-7-6-13-25(17)4)21-23-15(2)19(31-21)32(28,29)22-3/h8-11,17,22H,5-7,12-14H2,1-4H3,(H,24,27). The highest BCUT2D eigenvalue weighted by molar-refractivity contribution is 7.91. The van der Waals surface area contributed by atoms with E-state index in [2.05, 4.69) is 27.0 Å². The highest BCUT2D eigenvalue weighted by Gasteiger charge is 2.28. The zero-order valence-electron chi connectivity index (χ0n) is 18.9. The van der Waals surface area contributed by atoms with Crippen LogP contribution >= 0.6 is 11.3 Å². The van der Waals surface area contributed by atoms with Crippen molar-refractivity contribution in [1.29, 1.82) is 0 Å². The number of urea groups is 1. The topological polar surface area (TPSA) is 104 Å². The number of anilines is 2. The second-order valence-electron chi connectivity index (χ2n) is 7.68. The van der Waals surface area contributed by atoms with E-state index in [-0.39, 0.29) is 10.2 Å². The monoisotopic (exact) mass is 481 g/mol.